The molecule has 4 rings (SSSR count). The molecule has 0 amide bonds. The van der Waals surface area contributed by atoms with Crippen molar-refractivity contribution >= 4 is 22.3 Å². The third-order valence-electron chi connectivity index (χ3n) is 4.91. The third-order valence-corrected chi connectivity index (χ3v) is 4.91. The van der Waals surface area contributed by atoms with Crippen molar-refractivity contribution in [2.45, 2.75) is 13.6 Å². The Balaban J connectivity index is 1.43. The van der Waals surface area contributed by atoms with E-state index in [0.717, 1.165) is 37.1 Å². The summed E-state index contributed by atoms with van der Waals surface area (Å²) < 4.78 is 1.92. The predicted molar refractivity (Wildman–Crippen MR) is 101 cm³/mol. The molecule has 26 heavy (non-hydrogen) atoms. The molecule has 0 unspecified atom stereocenters. The monoisotopic (exact) mass is 351 g/mol. The zero-order valence-electron chi connectivity index (χ0n) is 14.7. The molecule has 0 radical (unpaired) electrons. The summed E-state index contributed by atoms with van der Waals surface area (Å²) in [6, 6.07) is 13.5. The molecule has 1 aliphatic heterocycles. The highest BCUT2D eigenvalue weighted by molar-refractivity contribution is 5.81. The predicted octanol–water partition coefficient (Wildman–Crippen LogP) is 3.03. The number of benzene rings is 2. The van der Waals surface area contributed by atoms with E-state index in [-0.39, 0.29) is 10.6 Å². The molecule has 0 saturated carbocycles. The van der Waals surface area contributed by atoms with Gasteiger partial charge in [0.25, 0.3) is 5.69 Å². The fourth-order valence-corrected chi connectivity index (χ4v) is 3.46. The fourth-order valence-electron chi connectivity index (χ4n) is 3.46. The maximum Gasteiger partial charge on any atom is 0.270 e. The van der Waals surface area contributed by atoms with E-state index in [1.807, 2.05) is 4.68 Å². The lowest BCUT2D eigenvalue weighted by Crippen LogP contribution is -2.46. The van der Waals surface area contributed by atoms with Crippen molar-refractivity contribution < 1.29 is 4.92 Å². The molecule has 0 spiro atoms. The summed E-state index contributed by atoms with van der Waals surface area (Å²) in [6.07, 6.45) is 1.70. The number of nitrogens with zero attached hydrogens (tertiary/aromatic N) is 5. The lowest BCUT2D eigenvalue weighted by atomic mass is 10.2. The average molecular weight is 351 g/mol. The minimum absolute atomic E-state index is 0.101. The topological polar surface area (TPSA) is 67.4 Å². The molecule has 2 heterocycles. The molecule has 1 fully saturated rings. The zero-order valence-corrected chi connectivity index (χ0v) is 14.7. The van der Waals surface area contributed by atoms with Crippen LogP contribution in [-0.4, -0.2) is 45.8 Å². The molecule has 134 valence electrons. The Morgan fingerprint density at radius 2 is 1.92 bits per heavy atom. The smallest absolute Gasteiger partial charge is 0.270 e. The number of piperazine rings is 1. The van der Waals surface area contributed by atoms with Gasteiger partial charge in [-0.2, -0.15) is 5.10 Å². The van der Waals surface area contributed by atoms with E-state index in [0.29, 0.717) is 6.67 Å². The maximum absolute atomic E-state index is 10.9. The maximum atomic E-state index is 10.9. The van der Waals surface area contributed by atoms with E-state index in [2.05, 4.69) is 46.1 Å². The second-order valence-electron chi connectivity index (χ2n) is 6.73. The highest BCUT2D eigenvalue weighted by Crippen LogP contribution is 2.22. The Bertz CT molecular complexity index is 944. The summed E-state index contributed by atoms with van der Waals surface area (Å²) >= 11 is 0. The molecular formula is C19H21N5O2. The van der Waals surface area contributed by atoms with Crippen LogP contribution in [0.4, 0.5) is 11.4 Å². The van der Waals surface area contributed by atoms with E-state index in [9.17, 15) is 10.1 Å². The first kappa shape index (κ1) is 16.5. The minimum Gasteiger partial charge on any atom is -0.369 e. The molecule has 0 aliphatic carbocycles. The molecule has 1 saturated heterocycles. The number of hydrogen-bond acceptors (Lipinski definition) is 5. The second-order valence-corrected chi connectivity index (χ2v) is 6.73. The molecule has 1 aromatic heterocycles. The number of aromatic nitrogens is 2. The molecule has 1 aliphatic rings. The van der Waals surface area contributed by atoms with Gasteiger partial charge >= 0.3 is 0 Å². The van der Waals surface area contributed by atoms with Crippen LogP contribution >= 0.6 is 0 Å². The van der Waals surface area contributed by atoms with Gasteiger partial charge < -0.3 is 4.90 Å². The number of non-ortho nitro benzene ring substituents is 1. The van der Waals surface area contributed by atoms with E-state index in [4.69, 9.17) is 0 Å². The normalized spacial score (nSPS) is 15.5. The van der Waals surface area contributed by atoms with Crippen molar-refractivity contribution in [1.82, 2.24) is 14.7 Å². The van der Waals surface area contributed by atoms with Crippen LogP contribution in [0.5, 0.6) is 0 Å². The molecule has 0 bridgehead atoms. The number of hydrogen-bond donors (Lipinski definition) is 0. The number of nitro benzene ring substituents is 1. The molecule has 7 nitrogen and oxygen atoms in total. The van der Waals surface area contributed by atoms with Gasteiger partial charge in [-0.25, -0.2) is 0 Å². The summed E-state index contributed by atoms with van der Waals surface area (Å²) in [5.74, 6) is 0. The average Bonchev–Trinajstić information content (AvgIpc) is 3.04. The van der Waals surface area contributed by atoms with E-state index in [1.54, 1.807) is 18.3 Å². The largest absolute Gasteiger partial charge is 0.369 e. The van der Waals surface area contributed by atoms with Gasteiger partial charge in [0.15, 0.2) is 0 Å². The molecule has 2 aromatic carbocycles. The van der Waals surface area contributed by atoms with Crippen molar-refractivity contribution in [2.75, 3.05) is 31.1 Å². The Kier molecular flexibility index (Phi) is 4.30. The van der Waals surface area contributed by atoms with Crippen LogP contribution in [0.25, 0.3) is 10.9 Å². The summed E-state index contributed by atoms with van der Waals surface area (Å²) in [6.45, 7) is 6.70. The quantitative estimate of drug-likeness (QED) is 0.534. The molecule has 0 atom stereocenters. The van der Waals surface area contributed by atoms with Gasteiger partial charge in [0.1, 0.15) is 0 Å². The molecular weight excluding hydrogens is 330 g/mol. The van der Waals surface area contributed by atoms with Gasteiger partial charge in [0.05, 0.1) is 23.3 Å². The number of anilines is 1. The van der Waals surface area contributed by atoms with Crippen molar-refractivity contribution in [3.05, 3.63) is 64.3 Å². The van der Waals surface area contributed by atoms with Crippen molar-refractivity contribution in [3.8, 4) is 0 Å². The number of rotatable bonds is 4. The van der Waals surface area contributed by atoms with Crippen molar-refractivity contribution in [3.63, 3.8) is 0 Å². The van der Waals surface area contributed by atoms with E-state index >= 15 is 0 Å². The Morgan fingerprint density at radius 3 is 2.65 bits per heavy atom. The number of aryl methyl sites for hydroxylation is 1. The molecule has 7 heteroatoms. The highest BCUT2D eigenvalue weighted by Gasteiger charge is 2.18. The Morgan fingerprint density at radius 1 is 1.12 bits per heavy atom. The Hall–Kier alpha value is -2.93. The first-order valence-electron chi connectivity index (χ1n) is 8.74. The number of nitro groups is 1. The highest BCUT2D eigenvalue weighted by atomic mass is 16.6. The van der Waals surface area contributed by atoms with Crippen LogP contribution in [0.15, 0.2) is 48.7 Å². The SMILES string of the molecule is Cc1cccc(N2CCN(Cn3ncc4cc([N+](=O)[O-])ccc43)CC2)c1. The first-order chi connectivity index (χ1) is 12.6. The number of fused-ring (bicyclic) bond motifs is 1. The fraction of sp³-hybridized carbons (Fsp3) is 0.316. The zero-order chi connectivity index (χ0) is 18.1. The standard InChI is InChI=1S/C19H21N5O2/c1-15-3-2-4-17(11-15)22-9-7-21(8-10-22)14-23-19-6-5-18(24(25)26)12-16(19)13-20-23/h2-6,11-13H,7-10,14H2,1H3. The van der Waals surface area contributed by atoms with Gasteiger partial charge in [0, 0.05) is 49.4 Å². The van der Waals surface area contributed by atoms with Crippen LogP contribution in [-0.2, 0) is 6.67 Å². The summed E-state index contributed by atoms with van der Waals surface area (Å²) in [7, 11) is 0. The van der Waals surface area contributed by atoms with Gasteiger partial charge in [-0.3, -0.25) is 19.7 Å². The summed E-state index contributed by atoms with van der Waals surface area (Å²) in [5.41, 5.74) is 3.59. The van der Waals surface area contributed by atoms with Crippen molar-refractivity contribution in [1.29, 1.82) is 0 Å². The van der Waals surface area contributed by atoms with Crippen LogP contribution in [0.2, 0.25) is 0 Å². The summed E-state index contributed by atoms with van der Waals surface area (Å²) in [5, 5.41) is 16.1. The Labute approximate surface area is 151 Å². The van der Waals surface area contributed by atoms with Crippen LogP contribution in [0.3, 0.4) is 0 Å². The van der Waals surface area contributed by atoms with Gasteiger partial charge in [-0.15, -0.1) is 0 Å². The van der Waals surface area contributed by atoms with Gasteiger partial charge in [-0.1, -0.05) is 12.1 Å². The molecule has 3 aromatic rings. The summed E-state index contributed by atoms with van der Waals surface area (Å²) in [4.78, 5) is 15.3. The molecule has 0 N–H and O–H groups in total. The van der Waals surface area contributed by atoms with E-state index < -0.39 is 0 Å². The second kappa shape index (κ2) is 6.76. The minimum atomic E-state index is -0.374. The van der Waals surface area contributed by atoms with Crippen LogP contribution in [0.1, 0.15) is 5.56 Å². The lowest BCUT2D eigenvalue weighted by molar-refractivity contribution is -0.384. The lowest BCUT2D eigenvalue weighted by Gasteiger charge is -2.36. The van der Waals surface area contributed by atoms with Gasteiger partial charge in [-0.05, 0) is 30.7 Å². The van der Waals surface area contributed by atoms with E-state index in [1.165, 1.54) is 17.3 Å². The third kappa shape index (κ3) is 3.25. The van der Waals surface area contributed by atoms with Crippen molar-refractivity contribution in [2.24, 2.45) is 0 Å². The van der Waals surface area contributed by atoms with Gasteiger partial charge in [0.2, 0.25) is 0 Å². The van der Waals surface area contributed by atoms with Crippen LogP contribution < -0.4 is 4.90 Å². The van der Waals surface area contributed by atoms with Crippen LogP contribution in [0, 0.1) is 17.0 Å². The first-order valence-corrected chi connectivity index (χ1v) is 8.74.